The molecule has 0 fully saturated rings. The molecule has 14 heavy (non-hydrogen) atoms. The molecule has 1 rings (SSSR count). The molecule has 0 aromatic carbocycles. The molecule has 0 aliphatic heterocycles. The quantitative estimate of drug-likeness (QED) is 0.537. The number of ether oxygens (including phenoxy) is 2. The highest BCUT2D eigenvalue weighted by molar-refractivity contribution is 5.73. The van der Waals surface area contributed by atoms with Crippen LogP contribution in [0.1, 0.15) is 5.56 Å². The number of pyridine rings is 1. The molecule has 0 amide bonds. The number of nitrogens with zero attached hydrogens (tertiary/aromatic N) is 1. The minimum Gasteiger partial charge on any atom is -0.496 e. The van der Waals surface area contributed by atoms with E-state index in [-0.39, 0.29) is 12.0 Å². The van der Waals surface area contributed by atoms with E-state index in [0.29, 0.717) is 5.75 Å². The molecule has 1 heterocycles. The second-order valence-electron chi connectivity index (χ2n) is 2.54. The van der Waals surface area contributed by atoms with E-state index in [9.17, 15) is 9.18 Å². The van der Waals surface area contributed by atoms with Gasteiger partial charge in [0.05, 0.1) is 26.2 Å². The van der Waals surface area contributed by atoms with Crippen LogP contribution in [0, 0.1) is 5.95 Å². The van der Waals surface area contributed by atoms with Crippen LogP contribution in [0.2, 0.25) is 0 Å². The van der Waals surface area contributed by atoms with Gasteiger partial charge in [0, 0.05) is 6.20 Å². The third-order valence-corrected chi connectivity index (χ3v) is 1.73. The molecule has 0 bridgehead atoms. The molecule has 0 saturated carbocycles. The Bertz CT molecular complexity index is 341. The van der Waals surface area contributed by atoms with Crippen molar-refractivity contribution in [2.24, 2.45) is 0 Å². The molecular formula is C9H10FNO3. The number of methoxy groups -OCH3 is 2. The van der Waals surface area contributed by atoms with E-state index < -0.39 is 11.9 Å². The standard InChI is InChI=1S/C9H10FNO3/c1-13-7-3-4-11-9(10)6(7)5-8(12)14-2/h3-4H,5H2,1-2H3. The molecule has 0 atom stereocenters. The Kier molecular flexibility index (Phi) is 3.39. The lowest BCUT2D eigenvalue weighted by Crippen LogP contribution is -2.08. The van der Waals surface area contributed by atoms with Gasteiger partial charge in [-0.3, -0.25) is 4.79 Å². The summed E-state index contributed by atoms with van der Waals surface area (Å²) in [5.74, 6) is -0.951. The maximum Gasteiger partial charge on any atom is 0.310 e. The van der Waals surface area contributed by atoms with Gasteiger partial charge in [-0.1, -0.05) is 0 Å². The summed E-state index contributed by atoms with van der Waals surface area (Å²) < 4.78 is 22.4. The molecule has 1 aromatic rings. The van der Waals surface area contributed by atoms with Gasteiger partial charge in [-0.2, -0.15) is 4.39 Å². The molecule has 0 spiro atoms. The summed E-state index contributed by atoms with van der Waals surface area (Å²) in [4.78, 5) is 14.3. The Hall–Kier alpha value is -1.65. The Morgan fingerprint density at radius 3 is 2.86 bits per heavy atom. The zero-order chi connectivity index (χ0) is 10.6. The van der Waals surface area contributed by atoms with Crippen LogP contribution in [0.25, 0.3) is 0 Å². The van der Waals surface area contributed by atoms with Gasteiger partial charge in [0.15, 0.2) is 0 Å². The Morgan fingerprint density at radius 2 is 2.29 bits per heavy atom. The SMILES string of the molecule is COC(=O)Cc1c(OC)ccnc1F. The first-order valence-electron chi connectivity index (χ1n) is 3.93. The number of halogens is 1. The normalized spacial score (nSPS) is 9.64. The number of carbonyl (C=O) groups is 1. The molecule has 0 N–H and O–H groups in total. The Balaban J connectivity index is 2.98. The molecule has 0 radical (unpaired) electrons. The van der Waals surface area contributed by atoms with Crippen molar-refractivity contribution < 1.29 is 18.7 Å². The largest absolute Gasteiger partial charge is 0.496 e. The molecule has 0 aliphatic rings. The predicted molar refractivity (Wildman–Crippen MR) is 46.5 cm³/mol. The van der Waals surface area contributed by atoms with E-state index in [1.165, 1.54) is 26.5 Å². The van der Waals surface area contributed by atoms with Crippen LogP contribution in [0.5, 0.6) is 5.75 Å². The first-order valence-corrected chi connectivity index (χ1v) is 3.93. The molecule has 0 saturated heterocycles. The Morgan fingerprint density at radius 1 is 1.57 bits per heavy atom. The van der Waals surface area contributed by atoms with Crippen molar-refractivity contribution in [1.29, 1.82) is 0 Å². The summed E-state index contributed by atoms with van der Waals surface area (Å²) in [6.45, 7) is 0. The average molecular weight is 199 g/mol. The molecule has 0 unspecified atom stereocenters. The molecule has 0 aliphatic carbocycles. The van der Waals surface area contributed by atoms with Crippen LogP contribution in [0.15, 0.2) is 12.3 Å². The van der Waals surface area contributed by atoms with Gasteiger partial charge in [-0.05, 0) is 6.07 Å². The van der Waals surface area contributed by atoms with Gasteiger partial charge in [0.1, 0.15) is 5.75 Å². The van der Waals surface area contributed by atoms with Crippen molar-refractivity contribution in [2.75, 3.05) is 14.2 Å². The van der Waals surface area contributed by atoms with E-state index >= 15 is 0 Å². The zero-order valence-electron chi connectivity index (χ0n) is 7.91. The van der Waals surface area contributed by atoms with Crippen molar-refractivity contribution >= 4 is 5.97 Å². The fourth-order valence-electron chi connectivity index (χ4n) is 1.02. The second-order valence-corrected chi connectivity index (χ2v) is 2.54. The van der Waals surface area contributed by atoms with Gasteiger partial charge >= 0.3 is 5.97 Å². The lowest BCUT2D eigenvalue weighted by Gasteiger charge is -2.06. The van der Waals surface area contributed by atoms with Crippen molar-refractivity contribution in [1.82, 2.24) is 4.98 Å². The highest BCUT2D eigenvalue weighted by Crippen LogP contribution is 2.19. The fourth-order valence-corrected chi connectivity index (χ4v) is 1.02. The van der Waals surface area contributed by atoms with Gasteiger partial charge in [-0.25, -0.2) is 4.98 Å². The third kappa shape index (κ3) is 2.18. The van der Waals surface area contributed by atoms with Gasteiger partial charge in [0.25, 0.3) is 0 Å². The summed E-state index contributed by atoms with van der Waals surface area (Å²) in [5, 5.41) is 0. The van der Waals surface area contributed by atoms with Crippen LogP contribution in [0.4, 0.5) is 4.39 Å². The molecule has 76 valence electrons. The van der Waals surface area contributed by atoms with Gasteiger partial charge in [-0.15, -0.1) is 0 Å². The van der Waals surface area contributed by atoms with E-state index in [2.05, 4.69) is 9.72 Å². The summed E-state index contributed by atoms with van der Waals surface area (Å²) in [7, 11) is 2.64. The zero-order valence-corrected chi connectivity index (χ0v) is 7.91. The molecular weight excluding hydrogens is 189 g/mol. The topological polar surface area (TPSA) is 48.4 Å². The molecule has 1 aromatic heterocycles. The van der Waals surface area contributed by atoms with E-state index in [4.69, 9.17) is 4.74 Å². The van der Waals surface area contributed by atoms with E-state index in [1.54, 1.807) is 0 Å². The summed E-state index contributed by atoms with van der Waals surface area (Å²) in [6.07, 6.45) is 1.09. The first-order chi connectivity index (χ1) is 6.69. The number of esters is 1. The van der Waals surface area contributed by atoms with Gasteiger partial charge in [0.2, 0.25) is 5.95 Å². The monoisotopic (exact) mass is 199 g/mol. The van der Waals surface area contributed by atoms with Crippen molar-refractivity contribution in [3.8, 4) is 5.75 Å². The maximum absolute atomic E-state index is 13.1. The molecule has 5 heteroatoms. The molecule has 4 nitrogen and oxygen atoms in total. The van der Waals surface area contributed by atoms with Crippen LogP contribution in [-0.4, -0.2) is 25.2 Å². The lowest BCUT2D eigenvalue weighted by atomic mass is 10.2. The highest BCUT2D eigenvalue weighted by Gasteiger charge is 2.14. The van der Waals surface area contributed by atoms with E-state index in [1.807, 2.05) is 0 Å². The van der Waals surface area contributed by atoms with Gasteiger partial charge < -0.3 is 9.47 Å². The average Bonchev–Trinajstić information content (AvgIpc) is 2.20. The van der Waals surface area contributed by atoms with Crippen LogP contribution in [-0.2, 0) is 16.0 Å². The third-order valence-electron chi connectivity index (χ3n) is 1.73. The van der Waals surface area contributed by atoms with E-state index in [0.717, 1.165) is 0 Å². The van der Waals surface area contributed by atoms with Crippen molar-refractivity contribution in [2.45, 2.75) is 6.42 Å². The predicted octanol–water partition coefficient (Wildman–Crippen LogP) is 0.945. The number of aromatic nitrogens is 1. The summed E-state index contributed by atoms with van der Waals surface area (Å²) in [6, 6.07) is 1.49. The second kappa shape index (κ2) is 4.55. The van der Waals surface area contributed by atoms with Crippen LogP contribution < -0.4 is 4.74 Å². The van der Waals surface area contributed by atoms with Crippen molar-refractivity contribution in [3.05, 3.63) is 23.8 Å². The van der Waals surface area contributed by atoms with Crippen molar-refractivity contribution in [3.63, 3.8) is 0 Å². The summed E-state index contributed by atoms with van der Waals surface area (Å²) >= 11 is 0. The number of hydrogen-bond donors (Lipinski definition) is 0. The fraction of sp³-hybridized carbons (Fsp3) is 0.333. The minimum atomic E-state index is -0.713. The van der Waals surface area contributed by atoms with Crippen LogP contribution in [0.3, 0.4) is 0 Å². The summed E-state index contributed by atoms with van der Waals surface area (Å²) in [5.41, 5.74) is 0.113. The Labute approximate surface area is 80.7 Å². The minimum absolute atomic E-state index is 0.113. The number of rotatable bonds is 3. The first kappa shape index (κ1) is 10.4. The number of hydrogen-bond acceptors (Lipinski definition) is 4. The number of carbonyl (C=O) groups excluding carboxylic acids is 1. The highest BCUT2D eigenvalue weighted by atomic mass is 19.1. The smallest absolute Gasteiger partial charge is 0.310 e. The lowest BCUT2D eigenvalue weighted by molar-refractivity contribution is -0.139. The van der Waals surface area contributed by atoms with Crippen LogP contribution >= 0.6 is 0 Å². The maximum atomic E-state index is 13.1.